The van der Waals surface area contributed by atoms with Crippen LogP contribution in [-0.2, 0) is 0 Å². The van der Waals surface area contributed by atoms with Crippen molar-refractivity contribution in [1.29, 1.82) is 0 Å². The Morgan fingerprint density at radius 1 is 0.447 bits per heavy atom. The fourth-order valence-electron chi connectivity index (χ4n) is 6.23. The lowest BCUT2D eigenvalue weighted by atomic mass is 10.2. The summed E-state index contributed by atoms with van der Waals surface area (Å²) in [7, 11) is 0. The van der Waals surface area contributed by atoms with Gasteiger partial charge in [0.1, 0.15) is 5.52 Å². The van der Waals surface area contributed by atoms with E-state index in [0.717, 1.165) is 11.1 Å². The standard InChI is InChI=1S/C38H23N7O2/c46-35-27-20-10-12-22-29(27)39-38-43(26-18-8-3-9-19-26)36(47)32-31(45(35)38)28-21-11-13-23-30(28)44(32)37-41-33(24-14-4-1-5-15-24)40-34(42-37)25-16-6-2-7-17-25/h1-23H. The lowest BCUT2D eigenvalue weighted by molar-refractivity contribution is 0.911. The van der Waals surface area contributed by atoms with Crippen LogP contribution < -0.4 is 11.1 Å². The second kappa shape index (κ2) is 10.4. The first-order valence-electron chi connectivity index (χ1n) is 15.1. The molecule has 4 aromatic heterocycles. The molecule has 222 valence electrons. The Bertz CT molecular complexity index is 2710. The molecule has 0 unspecified atom stereocenters. The zero-order valence-corrected chi connectivity index (χ0v) is 24.7. The van der Waals surface area contributed by atoms with Gasteiger partial charge in [-0.1, -0.05) is 109 Å². The number of rotatable bonds is 4. The third-order valence-electron chi connectivity index (χ3n) is 8.34. The minimum atomic E-state index is -0.368. The third-order valence-corrected chi connectivity index (χ3v) is 8.34. The maximum Gasteiger partial charge on any atom is 0.284 e. The number of aromatic nitrogens is 7. The lowest BCUT2D eigenvalue weighted by Crippen LogP contribution is -2.29. The molecule has 0 aliphatic carbocycles. The summed E-state index contributed by atoms with van der Waals surface area (Å²) >= 11 is 0. The summed E-state index contributed by atoms with van der Waals surface area (Å²) in [5, 5.41) is 1.13. The van der Waals surface area contributed by atoms with Crippen molar-refractivity contribution in [2.75, 3.05) is 0 Å². The molecule has 9 aromatic rings. The summed E-state index contributed by atoms with van der Waals surface area (Å²) in [6.45, 7) is 0. The highest BCUT2D eigenvalue weighted by molar-refractivity contribution is 6.08. The molecule has 0 radical (unpaired) electrons. The van der Waals surface area contributed by atoms with E-state index in [4.69, 9.17) is 19.9 Å². The Morgan fingerprint density at radius 2 is 1.00 bits per heavy atom. The van der Waals surface area contributed by atoms with Crippen molar-refractivity contribution in [3.8, 4) is 34.4 Å². The van der Waals surface area contributed by atoms with E-state index in [0.29, 0.717) is 44.7 Å². The first-order chi connectivity index (χ1) is 23.2. The van der Waals surface area contributed by atoms with Gasteiger partial charge in [-0.15, -0.1) is 0 Å². The number of para-hydroxylation sites is 3. The second-order valence-electron chi connectivity index (χ2n) is 11.1. The summed E-state index contributed by atoms with van der Waals surface area (Å²) in [6.07, 6.45) is 0. The van der Waals surface area contributed by atoms with Crippen LogP contribution in [0.2, 0.25) is 0 Å². The largest absolute Gasteiger partial charge is 0.284 e. The van der Waals surface area contributed by atoms with Gasteiger partial charge in [-0.2, -0.15) is 9.97 Å². The van der Waals surface area contributed by atoms with Crippen molar-refractivity contribution in [2.24, 2.45) is 0 Å². The van der Waals surface area contributed by atoms with Crippen molar-refractivity contribution in [3.63, 3.8) is 0 Å². The van der Waals surface area contributed by atoms with Crippen LogP contribution in [0.3, 0.4) is 0 Å². The van der Waals surface area contributed by atoms with E-state index in [1.54, 1.807) is 21.1 Å². The Morgan fingerprint density at radius 3 is 1.66 bits per heavy atom. The van der Waals surface area contributed by atoms with Crippen molar-refractivity contribution >= 4 is 38.6 Å². The van der Waals surface area contributed by atoms with Crippen molar-refractivity contribution in [2.45, 2.75) is 0 Å². The smallest absolute Gasteiger partial charge is 0.271 e. The Hall–Kier alpha value is -6.74. The van der Waals surface area contributed by atoms with E-state index < -0.39 is 0 Å². The van der Waals surface area contributed by atoms with E-state index in [9.17, 15) is 9.59 Å². The normalized spacial score (nSPS) is 11.6. The van der Waals surface area contributed by atoms with E-state index in [2.05, 4.69) is 0 Å². The van der Waals surface area contributed by atoms with Gasteiger partial charge in [0.25, 0.3) is 11.1 Å². The number of hydrogen-bond donors (Lipinski definition) is 0. The summed E-state index contributed by atoms with van der Waals surface area (Å²) in [5.74, 6) is 1.37. The minimum absolute atomic E-state index is 0.214. The first kappa shape index (κ1) is 26.6. The summed E-state index contributed by atoms with van der Waals surface area (Å²) in [6, 6.07) is 43.3. The van der Waals surface area contributed by atoms with E-state index >= 15 is 0 Å². The van der Waals surface area contributed by atoms with Crippen LogP contribution in [0, 0.1) is 0 Å². The molecule has 47 heavy (non-hydrogen) atoms. The van der Waals surface area contributed by atoms with E-state index in [1.165, 1.54) is 4.57 Å². The predicted octanol–water partition coefficient (Wildman–Crippen LogP) is 6.61. The molecule has 0 N–H and O–H groups in total. The van der Waals surface area contributed by atoms with Gasteiger partial charge in [0.05, 0.1) is 27.6 Å². The Labute approximate surface area is 266 Å². The quantitative estimate of drug-likeness (QED) is 0.208. The van der Waals surface area contributed by atoms with Gasteiger partial charge in [-0.3, -0.25) is 14.2 Å². The molecule has 4 heterocycles. The van der Waals surface area contributed by atoms with Crippen LogP contribution in [0.25, 0.3) is 73.0 Å². The van der Waals surface area contributed by atoms with Gasteiger partial charge in [0.15, 0.2) is 11.6 Å². The molecule has 0 aliphatic heterocycles. The fourth-order valence-corrected chi connectivity index (χ4v) is 6.23. The third kappa shape index (κ3) is 4.10. The van der Waals surface area contributed by atoms with E-state index in [-0.39, 0.29) is 28.4 Å². The van der Waals surface area contributed by atoms with Crippen LogP contribution in [0.4, 0.5) is 0 Å². The van der Waals surface area contributed by atoms with Gasteiger partial charge in [0.2, 0.25) is 11.7 Å². The summed E-state index contributed by atoms with van der Waals surface area (Å²) in [5.41, 5.74) is 3.35. The predicted molar refractivity (Wildman–Crippen MR) is 183 cm³/mol. The lowest BCUT2D eigenvalue weighted by Gasteiger charge is -2.14. The van der Waals surface area contributed by atoms with Crippen molar-refractivity contribution in [3.05, 3.63) is 160 Å². The number of hydrogen-bond acceptors (Lipinski definition) is 6. The van der Waals surface area contributed by atoms with Gasteiger partial charge in [-0.25, -0.2) is 18.9 Å². The zero-order chi connectivity index (χ0) is 31.5. The van der Waals surface area contributed by atoms with Crippen molar-refractivity contribution in [1.82, 2.24) is 33.5 Å². The molecule has 0 saturated carbocycles. The Kier molecular flexibility index (Phi) is 5.91. The van der Waals surface area contributed by atoms with Crippen LogP contribution in [0.5, 0.6) is 0 Å². The topological polar surface area (TPSA) is 100.0 Å². The van der Waals surface area contributed by atoms with E-state index in [1.807, 2.05) is 127 Å². The van der Waals surface area contributed by atoms with Crippen LogP contribution >= 0.6 is 0 Å². The maximum atomic E-state index is 15.0. The molecule has 9 rings (SSSR count). The average molecular weight is 610 g/mol. The summed E-state index contributed by atoms with van der Waals surface area (Å²) in [4.78, 5) is 49.1. The number of nitrogens with zero attached hydrogens (tertiary/aromatic N) is 7. The van der Waals surface area contributed by atoms with Gasteiger partial charge in [-0.05, 0) is 30.3 Å². The molecule has 0 saturated heterocycles. The highest BCUT2D eigenvalue weighted by Gasteiger charge is 2.26. The van der Waals surface area contributed by atoms with Gasteiger partial charge >= 0.3 is 0 Å². The molecule has 0 atom stereocenters. The zero-order valence-electron chi connectivity index (χ0n) is 24.7. The average Bonchev–Trinajstić information content (AvgIpc) is 3.48. The molecule has 9 heteroatoms. The van der Waals surface area contributed by atoms with Gasteiger partial charge < -0.3 is 0 Å². The summed E-state index contributed by atoms with van der Waals surface area (Å²) < 4.78 is 4.78. The van der Waals surface area contributed by atoms with Crippen LogP contribution in [-0.4, -0.2) is 33.5 Å². The fraction of sp³-hybridized carbons (Fsp3) is 0. The molecule has 9 nitrogen and oxygen atoms in total. The molecule has 5 aromatic carbocycles. The molecule has 0 bridgehead atoms. The second-order valence-corrected chi connectivity index (χ2v) is 11.1. The molecule has 0 spiro atoms. The molecule has 0 fully saturated rings. The minimum Gasteiger partial charge on any atom is -0.271 e. The number of fused-ring (bicyclic) bond motifs is 6. The highest BCUT2D eigenvalue weighted by Crippen LogP contribution is 2.31. The maximum absolute atomic E-state index is 15.0. The Balaban J connectivity index is 1.51. The van der Waals surface area contributed by atoms with Gasteiger partial charge in [0, 0.05) is 16.5 Å². The van der Waals surface area contributed by atoms with Crippen LogP contribution in [0.1, 0.15) is 0 Å². The SMILES string of the molecule is O=c1c2c(c3ccccc3n2-c2nc(-c3ccccc3)nc(-c3ccccc3)n2)n2c(=O)c3ccccc3nc2n1-c1ccccc1. The van der Waals surface area contributed by atoms with Crippen molar-refractivity contribution < 1.29 is 0 Å². The molecular weight excluding hydrogens is 586 g/mol. The first-order valence-corrected chi connectivity index (χ1v) is 15.1. The molecular formula is C38H23N7O2. The molecule has 0 aliphatic rings. The van der Waals surface area contributed by atoms with Crippen LogP contribution in [0.15, 0.2) is 149 Å². The molecule has 0 amide bonds. The number of benzene rings is 5. The monoisotopic (exact) mass is 609 g/mol. The highest BCUT2D eigenvalue weighted by atomic mass is 16.1.